The van der Waals surface area contributed by atoms with Crippen molar-refractivity contribution in [1.29, 1.82) is 0 Å². The van der Waals surface area contributed by atoms with E-state index in [0.29, 0.717) is 0 Å². The Morgan fingerprint density at radius 3 is 2.65 bits per heavy atom. The van der Waals surface area contributed by atoms with Gasteiger partial charge in [0.05, 0.1) is 16.1 Å². The molecule has 1 aromatic rings. The number of fused-ring (bicyclic) bond motifs is 1. The molecule has 2 nitrogen and oxygen atoms in total. The normalized spacial score (nSPS) is 11.9. The highest BCUT2D eigenvalue weighted by Crippen LogP contribution is 2.39. The molecule has 0 saturated heterocycles. The Labute approximate surface area is 157 Å². The predicted octanol–water partition coefficient (Wildman–Crippen LogP) is 5.28. The lowest BCUT2D eigenvalue weighted by atomic mass is 10.1. The van der Waals surface area contributed by atoms with E-state index < -0.39 is 0 Å². The molecule has 0 atom stereocenters. The maximum absolute atomic E-state index is 5.38. The number of halogens is 1. The van der Waals surface area contributed by atoms with Crippen LogP contribution in [0.3, 0.4) is 0 Å². The molecular formula is C18H16IO2S2+. The number of ether oxygens (including phenoxy) is 1. The van der Waals surface area contributed by atoms with E-state index in [1.807, 2.05) is 30.0 Å². The van der Waals surface area contributed by atoms with E-state index in [1.54, 1.807) is 25.6 Å². The monoisotopic (exact) mass is 455 g/mol. The highest BCUT2D eigenvalue weighted by atomic mass is 127. The van der Waals surface area contributed by atoms with Crippen LogP contribution in [-0.4, -0.2) is 14.2 Å². The molecule has 0 fully saturated rings. The molecule has 1 heterocycles. The summed E-state index contributed by atoms with van der Waals surface area (Å²) in [5.74, 6) is 1.83. The first kappa shape index (κ1) is 16.8. The zero-order valence-electron chi connectivity index (χ0n) is 12.8. The van der Waals surface area contributed by atoms with Crippen LogP contribution in [0.5, 0.6) is 5.75 Å². The van der Waals surface area contributed by atoms with E-state index in [-0.39, 0.29) is 0 Å². The van der Waals surface area contributed by atoms with E-state index in [2.05, 4.69) is 52.2 Å². The van der Waals surface area contributed by atoms with Crippen LogP contribution in [0.4, 0.5) is 0 Å². The average molecular weight is 455 g/mol. The molecule has 3 rings (SSSR count). The Hall–Kier alpha value is -1.05. The Morgan fingerprint density at radius 2 is 1.96 bits per heavy atom. The molecule has 23 heavy (non-hydrogen) atoms. The highest BCUT2D eigenvalue weighted by Gasteiger charge is 2.14. The van der Waals surface area contributed by atoms with Gasteiger partial charge < -0.3 is 4.74 Å². The Balaban J connectivity index is 1.91. The molecule has 2 aliphatic rings. The van der Waals surface area contributed by atoms with Gasteiger partial charge in [0.15, 0.2) is 0 Å². The number of hydrogen-bond donors (Lipinski definition) is 0. The molecule has 0 aromatic heterocycles. The molecule has 0 unspecified atom stereocenters. The van der Waals surface area contributed by atoms with Gasteiger partial charge in [0.1, 0.15) is 5.75 Å². The summed E-state index contributed by atoms with van der Waals surface area (Å²) in [6.07, 6.45) is 0. The van der Waals surface area contributed by atoms with Crippen LogP contribution in [0.2, 0.25) is 0 Å². The molecule has 0 saturated carbocycles. The maximum atomic E-state index is 5.38. The minimum Gasteiger partial charge on any atom is -0.497 e. The van der Waals surface area contributed by atoms with Crippen LogP contribution >= 0.6 is 45.7 Å². The average Bonchev–Trinajstić information content (AvgIpc) is 2.61. The summed E-state index contributed by atoms with van der Waals surface area (Å²) in [5, 5.41) is 2.20. The SMILES string of the molecule is COc1ccc(CSc2c3cc(=[O+]C)ccc-3csc2I)cc1. The fraction of sp³-hybridized carbons (Fsp3) is 0.167. The summed E-state index contributed by atoms with van der Waals surface area (Å²) in [4.78, 5) is 1.32. The van der Waals surface area contributed by atoms with E-state index in [1.165, 1.54) is 24.5 Å². The summed E-state index contributed by atoms with van der Waals surface area (Å²) in [7, 11) is 3.40. The number of hydrogen-bond acceptors (Lipinski definition) is 3. The van der Waals surface area contributed by atoms with Crippen molar-refractivity contribution in [3.63, 3.8) is 0 Å². The summed E-state index contributed by atoms with van der Waals surface area (Å²) >= 11 is 6.08. The lowest BCUT2D eigenvalue weighted by Crippen LogP contribution is -2.01. The van der Waals surface area contributed by atoms with Crippen LogP contribution < -0.4 is 10.2 Å². The first-order chi connectivity index (χ1) is 11.2. The zero-order valence-corrected chi connectivity index (χ0v) is 16.6. The van der Waals surface area contributed by atoms with Gasteiger partial charge in [-0.1, -0.05) is 12.1 Å². The van der Waals surface area contributed by atoms with Crippen molar-refractivity contribution in [2.75, 3.05) is 14.2 Å². The van der Waals surface area contributed by atoms with Crippen LogP contribution in [0, 0.1) is 2.88 Å². The van der Waals surface area contributed by atoms with Crippen LogP contribution in [-0.2, 0) is 5.75 Å². The fourth-order valence-corrected chi connectivity index (χ4v) is 5.31. The van der Waals surface area contributed by atoms with Crippen LogP contribution in [0.25, 0.3) is 11.1 Å². The Bertz CT molecular complexity index is 841. The molecule has 1 aromatic carbocycles. The minimum atomic E-state index is 0.894. The van der Waals surface area contributed by atoms with E-state index in [4.69, 9.17) is 9.16 Å². The van der Waals surface area contributed by atoms with Gasteiger partial charge in [0.25, 0.3) is 7.11 Å². The molecular weight excluding hydrogens is 439 g/mol. The lowest BCUT2D eigenvalue weighted by Gasteiger charge is -2.12. The summed E-state index contributed by atoms with van der Waals surface area (Å²) in [6, 6.07) is 14.5. The zero-order chi connectivity index (χ0) is 16.2. The quantitative estimate of drug-likeness (QED) is 0.303. The largest absolute Gasteiger partial charge is 0.497 e. The lowest BCUT2D eigenvalue weighted by molar-refractivity contribution is 0.414. The van der Waals surface area contributed by atoms with Crippen molar-refractivity contribution in [3.05, 3.63) is 66.1 Å². The first-order valence-corrected chi connectivity index (χ1v) is 9.99. The molecule has 0 spiro atoms. The Kier molecular flexibility index (Phi) is 5.61. The molecule has 118 valence electrons. The van der Waals surface area contributed by atoms with Crippen LogP contribution in [0.1, 0.15) is 5.56 Å². The highest BCUT2D eigenvalue weighted by molar-refractivity contribution is 14.1. The van der Waals surface area contributed by atoms with E-state index in [9.17, 15) is 0 Å². The standard InChI is InChI=1S/C18H16IO2S2/c1-20-14-6-3-12(4-7-14)10-22-17-16-9-15(21-2)8-5-13(16)11-23-18(17)19/h3-9,11H,10H2,1-2H3/q+1. The van der Waals surface area contributed by atoms with Crippen molar-refractivity contribution < 1.29 is 4.74 Å². The molecule has 0 radical (unpaired) electrons. The summed E-state index contributed by atoms with van der Waals surface area (Å²) in [6.45, 7) is 0. The Morgan fingerprint density at radius 1 is 1.17 bits per heavy atom. The number of thioether (sulfide) groups is 1. The second-order valence-corrected chi connectivity index (χ2v) is 8.60. The topological polar surface area (TPSA) is 20.5 Å². The van der Waals surface area contributed by atoms with Gasteiger partial charge in [-0.2, -0.15) is 0 Å². The van der Waals surface area contributed by atoms with E-state index >= 15 is 0 Å². The van der Waals surface area contributed by atoms with Gasteiger partial charge in [-0.15, -0.1) is 23.1 Å². The fourth-order valence-electron chi connectivity index (χ4n) is 2.25. The van der Waals surface area contributed by atoms with Crippen LogP contribution in [0.15, 0.2) is 57.2 Å². The van der Waals surface area contributed by atoms with Gasteiger partial charge in [-0.3, -0.25) is 4.42 Å². The molecule has 1 aliphatic heterocycles. The van der Waals surface area contributed by atoms with Crippen molar-refractivity contribution in [3.8, 4) is 16.9 Å². The van der Waals surface area contributed by atoms with Gasteiger partial charge in [0.2, 0.25) is 0 Å². The van der Waals surface area contributed by atoms with Gasteiger partial charge in [0, 0.05) is 22.3 Å². The van der Waals surface area contributed by atoms with Gasteiger partial charge in [-0.05, 0) is 57.3 Å². The van der Waals surface area contributed by atoms with Crippen molar-refractivity contribution in [1.82, 2.24) is 0 Å². The number of methoxy groups -OCH3 is 1. The second-order valence-electron chi connectivity index (χ2n) is 4.93. The smallest absolute Gasteiger partial charge is 0.343 e. The second kappa shape index (κ2) is 7.68. The third kappa shape index (κ3) is 3.89. The molecule has 1 aliphatic carbocycles. The predicted molar refractivity (Wildman–Crippen MR) is 108 cm³/mol. The summed E-state index contributed by atoms with van der Waals surface area (Å²) in [5.41, 5.74) is 4.70. The third-order valence-corrected chi connectivity index (χ3v) is 7.29. The van der Waals surface area contributed by atoms with Crippen molar-refractivity contribution in [2.24, 2.45) is 0 Å². The molecule has 0 amide bonds. The maximum Gasteiger partial charge on any atom is 0.343 e. The van der Waals surface area contributed by atoms with Gasteiger partial charge >= 0.3 is 5.43 Å². The first-order valence-electron chi connectivity index (χ1n) is 7.05. The molecule has 0 bridgehead atoms. The number of rotatable bonds is 4. The molecule has 0 N–H and O–H groups in total. The third-order valence-electron chi connectivity index (χ3n) is 3.52. The minimum absolute atomic E-state index is 0.894. The van der Waals surface area contributed by atoms with Crippen molar-refractivity contribution >= 4 is 45.7 Å². The number of benzene rings is 2. The van der Waals surface area contributed by atoms with E-state index in [0.717, 1.165) is 16.9 Å². The molecule has 5 heteroatoms. The van der Waals surface area contributed by atoms with Crippen molar-refractivity contribution in [2.45, 2.75) is 10.6 Å². The van der Waals surface area contributed by atoms with Gasteiger partial charge in [-0.25, -0.2) is 0 Å². The summed E-state index contributed by atoms with van der Waals surface area (Å²) < 4.78 is 11.9.